The second-order valence-electron chi connectivity index (χ2n) is 6.63. The van der Waals surface area contributed by atoms with Crippen molar-refractivity contribution in [2.45, 2.75) is 28.1 Å². The van der Waals surface area contributed by atoms with E-state index in [1.165, 1.54) is 11.8 Å². The Bertz CT molecular complexity index is 1120. The Labute approximate surface area is 181 Å². The maximum absolute atomic E-state index is 12.9. The number of anilines is 1. The third kappa shape index (κ3) is 4.52. The van der Waals surface area contributed by atoms with E-state index in [0.29, 0.717) is 27.3 Å². The zero-order chi connectivity index (χ0) is 20.4. The van der Waals surface area contributed by atoms with Crippen LogP contribution in [-0.4, -0.2) is 22.1 Å². The molecule has 1 aromatic heterocycles. The fraction of sp³-hybridized carbons (Fsp3) is 0.190. The first-order valence-electron chi connectivity index (χ1n) is 8.99. The lowest BCUT2D eigenvalue weighted by atomic mass is 9.87. The molecule has 0 saturated heterocycles. The molecule has 0 fully saturated rings. The fourth-order valence-corrected chi connectivity index (χ4v) is 4.74. The zero-order valence-electron chi connectivity index (χ0n) is 15.6. The van der Waals surface area contributed by atoms with Crippen LogP contribution in [0, 0.1) is 0 Å². The highest BCUT2D eigenvalue weighted by Crippen LogP contribution is 2.35. The van der Waals surface area contributed by atoms with Gasteiger partial charge in [-0.2, -0.15) is 0 Å². The van der Waals surface area contributed by atoms with Crippen molar-refractivity contribution in [3.8, 4) is 0 Å². The number of halogens is 1. The number of H-pyrrole nitrogens is 1. The van der Waals surface area contributed by atoms with Crippen molar-refractivity contribution in [3.05, 3.63) is 80.6 Å². The minimum atomic E-state index is -0.308. The summed E-state index contributed by atoms with van der Waals surface area (Å²) in [5, 5.41) is 3.89. The highest BCUT2D eigenvalue weighted by molar-refractivity contribution is 7.98. The molecule has 3 aromatic rings. The van der Waals surface area contributed by atoms with Crippen molar-refractivity contribution in [1.82, 2.24) is 9.97 Å². The molecule has 8 heteroatoms. The molecule has 2 heterocycles. The van der Waals surface area contributed by atoms with E-state index in [1.54, 1.807) is 11.8 Å². The smallest absolute Gasteiger partial charge is 0.257 e. The van der Waals surface area contributed by atoms with Crippen LogP contribution in [0.3, 0.4) is 0 Å². The number of carbonyl (C=O) groups is 1. The largest absolute Gasteiger partial charge is 0.310 e. The minimum absolute atomic E-state index is 0.139. The lowest BCUT2D eigenvalue weighted by Crippen LogP contribution is -2.31. The number of carbonyl (C=O) groups excluding carboxylic acids is 1. The average molecular weight is 444 g/mol. The van der Waals surface area contributed by atoms with E-state index < -0.39 is 0 Å². The van der Waals surface area contributed by atoms with E-state index in [4.69, 9.17) is 11.6 Å². The fourth-order valence-electron chi connectivity index (χ4n) is 3.32. The van der Waals surface area contributed by atoms with E-state index in [9.17, 15) is 9.59 Å². The van der Waals surface area contributed by atoms with Gasteiger partial charge >= 0.3 is 0 Å². The van der Waals surface area contributed by atoms with Crippen LogP contribution < -0.4 is 10.9 Å². The molecule has 1 aliphatic heterocycles. The summed E-state index contributed by atoms with van der Waals surface area (Å²) in [6.07, 6.45) is 2.24. The van der Waals surface area contributed by atoms with Gasteiger partial charge in [0.25, 0.3) is 5.56 Å². The summed E-state index contributed by atoms with van der Waals surface area (Å²) >= 11 is 9.07. The van der Waals surface area contributed by atoms with E-state index in [0.717, 1.165) is 16.0 Å². The maximum Gasteiger partial charge on any atom is 0.257 e. The molecule has 4 rings (SSSR count). The summed E-state index contributed by atoms with van der Waals surface area (Å²) in [5.41, 5.74) is 2.25. The van der Waals surface area contributed by atoms with Gasteiger partial charge in [-0.3, -0.25) is 9.59 Å². The number of aromatic nitrogens is 2. The number of aromatic amines is 1. The monoisotopic (exact) mass is 443 g/mol. The molecule has 0 bridgehead atoms. The number of hydrogen-bond acceptors (Lipinski definition) is 5. The van der Waals surface area contributed by atoms with Crippen LogP contribution in [0.5, 0.6) is 0 Å². The van der Waals surface area contributed by atoms with Crippen LogP contribution in [0.4, 0.5) is 5.82 Å². The number of amides is 1. The van der Waals surface area contributed by atoms with Crippen molar-refractivity contribution < 1.29 is 4.79 Å². The molecule has 0 spiro atoms. The van der Waals surface area contributed by atoms with Gasteiger partial charge in [0.15, 0.2) is 5.16 Å². The molecule has 5 nitrogen and oxygen atoms in total. The third-order valence-electron chi connectivity index (χ3n) is 4.71. The maximum atomic E-state index is 12.9. The first-order chi connectivity index (χ1) is 14.0. The van der Waals surface area contributed by atoms with Gasteiger partial charge in [0.05, 0.1) is 5.56 Å². The van der Waals surface area contributed by atoms with Crippen molar-refractivity contribution in [2.75, 3.05) is 11.6 Å². The number of benzene rings is 2. The SMILES string of the molecule is CSc1ccc(C2CC(=O)Nc3nc(SCc4cccc(Cl)c4)[nH]c(=O)c32)cc1. The molecule has 0 aliphatic carbocycles. The number of fused-ring (bicyclic) bond motifs is 1. The molecule has 1 unspecified atom stereocenters. The van der Waals surface area contributed by atoms with Crippen LogP contribution in [0.25, 0.3) is 0 Å². The minimum Gasteiger partial charge on any atom is -0.310 e. The van der Waals surface area contributed by atoms with Crippen LogP contribution in [0.15, 0.2) is 63.4 Å². The van der Waals surface area contributed by atoms with Gasteiger partial charge in [-0.25, -0.2) is 4.98 Å². The van der Waals surface area contributed by atoms with Gasteiger partial charge in [0.1, 0.15) is 5.82 Å². The summed E-state index contributed by atoms with van der Waals surface area (Å²) in [6.45, 7) is 0. The first kappa shape index (κ1) is 20.1. The van der Waals surface area contributed by atoms with Gasteiger partial charge < -0.3 is 10.3 Å². The molecule has 0 saturated carbocycles. The Kier molecular flexibility index (Phi) is 5.99. The highest BCUT2D eigenvalue weighted by atomic mass is 35.5. The molecule has 1 atom stereocenters. The number of rotatable bonds is 5. The average Bonchev–Trinajstić information content (AvgIpc) is 2.71. The molecule has 0 radical (unpaired) electrons. The van der Waals surface area contributed by atoms with E-state index in [1.807, 2.05) is 54.8 Å². The lowest BCUT2D eigenvalue weighted by Gasteiger charge is -2.24. The van der Waals surface area contributed by atoms with E-state index in [-0.39, 0.29) is 23.8 Å². The van der Waals surface area contributed by atoms with Crippen molar-refractivity contribution in [2.24, 2.45) is 0 Å². The summed E-state index contributed by atoms with van der Waals surface area (Å²) in [6, 6.07) is 15.5. The second-order valence-corrected chi connectivity index (χ2v) is 8.91. The van der Waals surface area contributed by atoms with Gasteiger partial charge in [-0.1, -0.05) is 47.6 Å². The summed E-state index contributed by atoms with van der Waals surface area (Å²) in [7, 11) is 0. The molecular formula is C21H18ClN3O2S2. The van der Waals surface area contributed by atoms with Crippen LogP contribution in [-0.2, 0) is 10.5 Å². The number of thioether (sulfide) groups is 2. The summed E-state index contributed by atoms with van der Waals surface area (Å²) in [5.74, 6) is 0.506. The molecule has 148 valence electrons. The van der Waals surface area contributed by atoms with Gasteiger partial charge in [0, 0.05) is 28.0 Å². The lowest BCUT2D eigenvalue weighted by molar-refractivity contribution is -0.116. The molecule has 2 aromatic carbocycles. The van der Waals surface area contributed by atoms with Crippen molar-refractivity contribution in [3.63, 3.8) is 0 Å². The molecule has 1 amide bonds. The summed E-state index contributed by atoms with van der Waals surface area (Å²) < 4.78 is 0. The number of hydrogen-bond donors (Lipinski definition) is 2. The van der Waals surface area contributed by atoms with Crippen molar-refractivity contribution in [1.29, 1.82) is 0 Å². The van der Waals surface area contributed by atoms with Crippen LogP contribution in [0.2, 0.25) is 5.02 Å². The van der Waals surface area contributed by atoms with Gasteiger partial charge in [-0.15, -0.1) is 11.8 Å². The molecular weight excluding hydrogens is 426 g/mol. The zero-order valence-corrected chi connectivity index (χ0v) is 18.0. The second kappa shape index (κ2) is 8.65. The Morgan fingerprint density at radius 2 is 1.97 bits per heavy atom. The number of nitrogens with one attached hydrogen (secondary N) is 2. The Hall–Kier alpha value is -2.22. The molecule has 1 aliphatic rings. The topological polar surface area (TPSA) is 74.8 Å². The van der Waals surface area contributed by atoms with E-state index in [2.05, 4.69) is 15.3 Å². The highest BCUT2D eigenvalue weighted by Gasteiger charge is 2.30. The third-order valence-corrected chi connectivity index (χ3v) is 6.64. The Morgan fingerprint density at radius 3 is 2.69 bits per heavy atom. The van der Waals surface area contributed by atoms with Crippen LogP contribution in [0.1, 0.15) is 29.0 Å². The molecule has 29 heavy (non-hydrogen) atoms. The van der Waals surface area contributed by atoms with Gasteiger partial charge in [-0.05, 0) is 41.6 Å². The van der Waals surface area contributed by atoms with E-state index >= 15 is 0 Å². The first-order valence-corrected chi connectivity index (χ1v) is 11.6. The van der Waals surface area contributed by atoms with Crippen LogP contribution >= 0.6 is 35.1 Å². The quantitative estimate of drug-likeness (QED) is 0.432. The normalized spacial score (nSPS) is 15.7. The standard InChI is InChI=1S/C21H18ClN3O2S2/c1-28-15-7-5-13(6-8-15)16-10-17(26)23-19-18(16)20(27)25-21(24-19)29-11-12-3-2-4-14(22)9-12/h2-9,16H,10-11H2,1H3,(H2,23,24,25,26,27). The van der Waals surface area contributed by atoms with Gasteiger partial charge in [0.2, 0.25) is 5.91 Å². The molecule has 2 N–H and O–H groups in total. The Morgan fingerprint density at radius 1 is 1.17 bits per heavy atom. The Balaban J connectivity index is 1.63. The predicted octanol–water partition coefficient (Wildman–Crippen LogP) is 4.91. The summed E-state index contributed by atoms with van der Waals surface area (Å²) in [4.78, 5) is 33.7. The number of nitrogens with zero attached hydrogens (tertiary/aromatic N) is 1. The predicted molar refractivity (Wildman–Crippen MR) is 119 cm³/mol. The van der Waals surface area contributed by atoms with Crippen molar-refractivity contribution >= 4 is 46.8 Å².